The largest absolute Gasteiger partial charge is 0.365 e. The quantitative estimate of drug-likeness (QED) is 0.660. The van der Waals surface area contributed by atoms with E-state index >= 15 is 0 Å². The molecule has 1 aliphatic carbocycles. The van der Waals surface area contributed by atoms with E-state index in [4.69, 9.17) is 5.73 Å². The molecular formula is C21H20FN3O3S. The first-order valence-corrected chi connectivity index (χ1v) is 10.9. The number of rotatable bonds is 5. The van der Waals surface area contributed by atoms with E-state index in [1.165, 1.54) is 24.4 Å². The zero-order chi connectivity index (χ0) is 20.6. The smallest absolute Gasteiger partial charge is 0.252 e. The van der Waals surface area contributed by atoms with Crippen LogP contribution in [0.5, 0.6) is 0 Å². The second-order valence-corrected chi connectivity index (χ2v) is 9.35. The highest BCUT2D eigenvalue weighted by atomic mass is 32.2. The van der Waals surface area contributed by atoms with E-state index in [0.717, 1.165) is 12.8 Å². The van der Waals surface area contributed by atoms with E-state index in [9.17, 15) is 17.6 Å². The van der Waals surface area contributed by atoms with Crippen LogP contribution in [0.1, 0.15) is 36.0 Å². The average molecular weight is 413 g/mol. The van der Waals surface area contributed by atoms with Gasteiger partial charge in [0.05, 0.1) is 26.9 Å². The third-order valence-electron chi connectivity index (χ3n) is 5.27. The highest BCUT2D eigenvalue weighted by molar-refractivity contribution is 7.92. The number of carbonyl (C=O) groups is 1. The number of hydrogen-bond donors (Lipinski definition) is 2. The molecule has 0 unspecified atom stereocenters. The van der Waals surface area contributed by atoms with Crippen LogP contribution in [0.15, 0.2) is 53.6 Å². The van der Waals surface area contributed by atoms with Gasteiger partial charge >= 0.3 is 0 Å². The van der Waals surface area contributed by atoms with Crippen molar-refractivity contribution in [1.82, 2.24) is 4.98 Å². The number of primary amides is 1. The standard InChI is InChI=1S/C21H20FN3O3S/c22-13-5-3-6-14(11-13)25-19-16-9-4-10-18(20(16)24-12-17(19)21(23)26)29(27,28)15-7-1-2-8-15/h3-6,9-12,15H,1-2,7-8H2,(H2,23,26)(H,24,25). The predicted octanol–water partition coefficient (Wildman–Crippen LogP) is 3.93. The number of halogens is 1. The first kappa shape index (κ1) is 19.3. The van der Waals surface area contributed by atoms with Crippen molar-refractivity contribution >= 4 is 38.0 Å². The average Bonchev–Trinajstić information content (AvgIpc) is 3.23. The summed E-state index contributed by atoms with van der Waals surface area (Å²) in [6.07, 6.45) is 4.31. The number of sulfone groups is 1. The van der Waals surface area contributed by atoms with Crippen LogP contribution >= 0.6 is 0 Å². The maximum absolute atomic E-state index is 13.6. The number of hydrogen-bond acceptors (Lipinski definition) is 5. The number of carbonyl (C=O) groups excluding carboxylic acids is 1. The Morgan fingerprint density at radius 1 is 1.14 bits per heavy atom. The Morgan fingerprint density at radius 2 is 1.86 bits per heavy atom. The SMILES string of the molecule is NC(=O)c1cnc2c(S(=O)(=O)C3CCCC3)cccc2c1Nc1cccc(F)c1. The maximum atomic E-state index is 13.6. The van der Waals surface area contributed by atoms with E-state index in [1.54, 1.807) is 24.3 Å². The Kier molecular flexibility index (Phi) is 4.96. The Balaban J connectivity index is 1.92. The number of fused-ring (bicyclic) bond motifs is 1. The molecule has 4 rings (SSSR count). The van der Waals surface area contributed by atoms with Crippen molar-refractivity contribution in [3.63, 3.8) is 0 Å². The van der Waals surface area contributed by atoms with Gasteiger partial charge in [-0.1, -0.05) is 31.0 Å². The summed E-state index contributed by atoms with van der Waals surface area (Å²) in [5, 5.41) is 3.02. The second-order valence-electron chi connectivity index (χ2n) is 7.15. The van der Waals surface area contributed by atoms with Crippen LogP contribution in [0, 0.1) is 5.82 Å². The molecule has 1 fully saturated rings. The first-order chi connectivity index (χ1) is 13.9. The summed E-state index contributed by atoms with van der Waals surface area (Å²) in [5.74, 6) is -1.17. The summed E-state index contributed by atoms with van der Waals surface area (Å²) in [6.45, 7) is 0. The van der Waals surface area contributed by atoms with Crippen molar-refractivity contribution in [2.24, 2.45) is 5.73 Å². The van der Waals surface area contributed by atoms with Crippen molar-refractivity contribution < 1.29 is 17.6 Å². The monoisotopic (exact) mass is 413 g/mol. The summed E-state index contributed by atoms with van der Waals surface area (Å²) >= 11 is 0. The Morgan fingerprint density at radius 3 is 2.55 bits per heavy atom. The number of nitrogens with one attached hydrogen (secondary N) is 1. The molecule has 3 N–H and O–H groups in total. The van der Waals surface area contributed by atoms with Gasteiger partial charge in [0.2, 0.25) is 0 Å². The number of nitrogens with two attached hydrogens (primary N) is 1. The van der Waals surface area contributed by atoms with Gasteiger partial charge in [0, 0.05) is 17.3 Å². The lowest BCUT2D eigenvalue weighted by Gasteiger charge is -2.17. The minimum absolute atomic E-state index is 0.0946. The molecule has 1 aliphatic rings. The van der Waals surface area contributed by atoms with Gasteiger partial charge in [-0.25, -0.2) is 12.8 Å². The molecule has 8 heteroatoms. The third-order valence-corrected chi connectivity index (χ3v) is 7.56. The topological polar surface area (TPSA) is 102 Å². The molecule has 0 spiro atoms. The molecule has 0 saturated heterocycles. The van der Waals surface area contributed by atoms with E-state index in [-0.39, 0.29) is 16.0 Å². The van der Waals surface area contributed by atoms with Gasteiger partial charge in [0.15, 0.2) is 9.84 Å². The van der Waals surface area contributed by atoms with Gasteiger partial charge in [-0.2, -0.15) is 0 Å². The van der Waals surface area contributed by atoms with E-state index < -0.39 is 26.8 Å². The lowest BCUT2D eigenvalue weighted by atomic mass is 10.1. The lowest BCUT2D eigenvalue weighted by Crippen LogP contribution is -2.19. The number of para-hydroxylation sites is 1. The van der Waals surface area contributed by atoms with Crippen LogP contribution in [0.4, 0.5) is 15.8 Å². The molecule has 0 atom stereocenters. The molecule has 150 valence electrons. The molecule has 0 aliphatic heterocycles. The summed E-state index contributed by atoms with van der Waals surface area (Å²) in [6, 6.07) is 10.6. The molecule has 0 bridgehead atoms. The van der Waals surface area contributed by atoms with Crippen LogP contribution in [-0.4, -0.2) is 24.6 Å². The Hall–Kier alpha value is -3.00. The first-order valence-electron chi connectivity index (χ1n) is 9.36. The van der Waals surface area contributed by atoms with Crippen molar-refractivity contribution in [2.75, 3.05) is 5.32 Å². The number of amides is 1. The molecule has 1 saturated carbocycles. The lowest BCUT2D eigenvalue weighted by molar-refractivity contribution is 0.100. The number of benzene rings is 2. The van der Waals surface area contributed by atoms with Gasteiger partial charge in [0.1, 0.15) is 5.82 Å². The molecule has 6 nitrogen and oxygen atoms in total. The third kappa shape index (κ3) is 3.55. The molecule has 29 heavy (non-hydrogen) atoms. The van der Waals surface area contributed by atoms with Crippen molar-refractivity contribution in [2.45, 2.75) is 35.8 Å². The Labute approximate surface area is 167 Å². The van der Waals surface area contributed by atoms with Crippen LogP contribution in [-0.2, 0) is 9.84 Å². The van der Waals surface area contributed by atoms with Gasteiger partial charge in [0.25, 0.3) is 5.91 Å². The number of pyridine rings is 1. The highest BCUT2D eigenvalue weighted by Gasteiger charge is 2.32. The Bertz CT molecular complexity index is 1210. The second kappa shape index (κ2) is 7.44. The molecule has 1 amide bonds. The predicted molar refractivity (Wildman–Crippen MR) is 109 cm³/mol. The van der Waals surface area contributed by atoms with E-state index in [0.29, 0.717) is 29.6 Å². The zero-order valence-electron chi connectivity index (χ0n) is 15.6. The molecular weight excluding hydrogens is 393 g/mol. The minimum atomic E-state index is -3.56. The van der Waals surface area contributed by atoms with Crippen LogP contribution in [0.25, 0.3) is 10.9 Å². The van der Waals surface area contributed by atoms with Crippen molar-refractivity contribution in [1.29, 1.82) is 0 Å². The normalized spacial score (nSPS) is 14.9. The summed E-state index contributed by atoms with van der Waals surface area (Å²) in [4.78, 5) is 16.4. The van der Waals surface area contributed by atoms with E-state index in [1.807, 2.05) is 0 Å². The number of aromatic nitrogens is 1. The molecule has 0 radical (unpaired) electrons. The van der Waals surface area contributed by atoms with Gasteiger partial charge < -0.3 is 11.1 Å². The van der Waals surface area contributed by atoms with Gasteiger partial charge in [-0.3, -0.25) is 9.78 Å². The highest BCUT2D eigenvalue weighted by Crippen LogP contribution is 2.36. The van der Waals surface area contributed by atoms with E-state index in [2.05, 4.69) is 10.3 Å². The molecule has 1 heterocycles. The summed E-state index contributed by atoms with van der Waals surface area (Å²) in [7, 11) is -3.56. The minimum Gasteiger partial charge on any atom is -0.365 e. The zero-order valence-corrected chi connectivity index (χ0v) is 16.4. The molecule has 3 aromatic rings. The fraction of sp³-hybridized carbons (Fsp3) is 0.238. The van der Waals surface area contributed by atoms with Gasteiger partial charge in [-0.05, 0) is 37.1 Å². The summed E-state index contributed by atoms with van der Waals surface area (Å²) in [5.41, 5.74) is 6.57. The van der Waals surface area contributed by atoms with Crippen LogP contribution < -0.4 is 11.1 Å². The summed E-state index contributed by atoms with van der Waals surface area (Å²) < 4.78 is 40.0. The van der Waals surface area contributed by atoms with Crippen molar-refractivity contribution in [3.05, 3.63) is 60.0 Å². The molecule has 1 aromatic heterocycles. The maximum Gasteiger partial charge on any atom is 0.252 e. The number of nitrogens with zero attached hydrogens (tertiary/aromatic N) is 1. The fourth-order valence-electron chi connectivity index (χ4n) is 3.84. The van der Waals surface area contributed by atoms with Crippen molar-refractivity contribution in [3.8, 4) is 0 Å². The number of anilines is 2. The van der Waals surface area contributed by atoms with Gasteiger partial charge in [-0.15, -0.1) is 0 Å². The fourth-order valence-corrected chi connectivity index (χ4v) is 5.85. The molecule has 2 aromatic carbocycles. The van der Waals surface area contributed by atoms with Crippen LogP contribution in [0.2, 0.25) is 0 Å². The van der Waals surface area contributed by atoms with Crippen LogP contribution in [0.3, 0.4) is 0 Å².